The van der Waals surface area contributed by atoms with Crippen molar-refractivity contribution in [3.63, 3.8) is 0 Å². The number of rotatable bonds is 5. The van der Waals surface area contributed by atoms with Gasteiger partial charge in [-0.05, 0) is 31.0 Å². The van der Waals surface area contributed by atoms with Crippen molar-refractivity contribution in [2.45, 2.75) is 32.4 Å². The van der Waals surface area contributed by atoms with Crippen LogP contribution in [0.1, 0.15) is 24.5 Å². The molecule has 0 atom stereocenters. The summed E-state index contributed by atoms with van der Waals surface area (Å²) in [6, 6.07) is 13.5. The first kappa shape index (κ1) is 14.7. The first-order valence-corrected chi connectivity index (χ1v) is 8.23. The molecule has 0 bridgehead atoms. The third-order valence-electron chi connectivity index (χ3n) is 4.11. The number of hydrogen-bond acceptors (Lipinski definition) is 5. The van der Waals surface area contributed by atoms with Gasteiger partial charge in [-0.2, -0.15) is 0 Å². The second kappa shape index (κ2) is 6.70. The topological polar surface area (TPSA) is 64.9 Å². The summed E-state index contributed by atoms with van der Waals surface area (Å²) in [6.07, 6.45) is 5.13. The molecular weight excluding hydrogens is 302 g/mol. The second-order valence-electron chi connectivity index (χ2n) is 5.76. The summed E-state index contributed by atoms with van der Waals surface area (Å²) in [6.45, 7) is 1.63. The number of ether oxygens (including phenoxy) is 1. The van der Waals surface area contributed by atoms with Gasteiger partial charge in [0.05, 0.1) is 12.2 Å². The summed E-state index contributed by atoms with van der Waals surface area (Å²) >= 11 is 0. The van der Waals surface area contributed by atoms with Crippen LogP contribution in [0.15, 0.2) is 48.7 Å². The van der Waals surface area contributed by atoms with Gasteiger partial charge in [0, 0.05) is 25.2 Å². The molecule has 0 radical (unpaired) electrons. The summed E-state index contributed by atoms with van der Waals surface area (Å²) in [5.74, 6) is 3.38. The zero-order chi connectivity index (χ0) is 16.2. The Balaban J connectivity index is 1.50. The molecule has 0 fully saturated rings. The van der Waals surface area contributed by atoms with Crippen LogP contribution in [0, 0.1) is 0 Å². The number of hydrogen-bond donors (Lipinski definition) is 1. The number of nitrogens with one attached hydrogen (secondary N) is 1. The second-order valence-corrected chi connectivity index (χ2v) is 5.76. The zero-order valence-electron chi connectivity index (χ0n) is 13.4. The minimum atomic E-state index is 0.576. The summed E-state index contributed by atoms with van der Waals surface area (Å²) < 4.78 is 8.10. The summed E-state index contributed by atoms with van der Waals surface area (Å²) in [7, 11) is 0. The number of aryl methyl sites for hydroxylation is 1. The molecule has 3 aromatic rings. The van der Waals surface area contributed by atoms with Crippen LogP contribution in [-0.4, -0.2) is 19.7 Å². The molecule has 6 nitrogen and oxygen atoms in total. The van der Waals surface area contributed by atoms with Crippen molar-refractivity contribution in [2.24, 2.45) is 0 Å². The maximum atomic E-state index is 5.88. The number of pyridine rings is 1. The number of nitrogens with zero attached hydrogens (tertiary/aromatic N) is 4. The lowest BCUT2D eigenvalue weighted by Gasteiger charge is -2.16. The molecule has 24 heavy (non-hydrogen) atoms. The highest BCUT2D eigenvalue weighted by atomic mass is 16.5. The third-order valence-corrected chi connectivity index (χ3v) is 4.11. The van der Waals surface area contributed by atoms with E-state index in [4.69, 9.17) is 4.74 Å². The van der Waals surface area contributed by atoms with E-state index in [0.717, 1.165) is 36.1 Å². The molecule has 0 spiro atoms. The Morgan fingerprint density at radius 2 is 1.96 bits per heavy atom. The molecule has 0 aliphatic carbocycles. The molecule has 4 rings (SSSR count). The fourth-order valence-corrected chi connectivity index (χ4v) is 2.90. The van der Waals surface area contributed by atoms with Gasteiger partial charge in [-0.1, -0.05) is 18.2 Å². The molecule has 1 N–H and O–H groups in total. The van der Waals surface area contributed by atoms with Crippen LogP contribution in [0.5, 0.6) is 11.6 Å². The monoisotopic (exact) mass is 321 g/mol. The number of fused-ring (bicyclic) bond motifs is 1. The van der Waals surface area contributed by atoms with Crippen molar-refractivity contribution in [1.29, 1.82) is 0 Å². The van der Waals surface area contributed by atoms with Crippen LogP contribution in [0.4, 0.5) is 5.69 Å². The van der Waals surface area contributed by atoms with E-state index in [1.807, 2.05) is 42.5 Å². The maximum Gasteiger partial charge on any atom is 0.219 e. The standard InChI is InChI=1S/C18H19N5O/c1-2-8-15(24-18-10-3-5-11-19-18)14(7-1)20-13-17-22-21-16-9-4-6-12-23(16)17/h1-3,5,7-8,10-11,20H,4,6,9,12-13H2. The van der Waals surface area contributed by atoms with Gasteiger partial charge in [0.2, 0.25) is 5.88 Å². The Morgan fingerprint density at radius 1 is 1.04 bits per heavy atom. The van der Waals surface area contributed by atoms with Crippen LogP contribution in [-0.2, 0) is 19.5 Å². The molecule has 1 aliphatic rings. The Morgan fingerprint density at radius 3 is 2.88 bits per heavy atom. The minimum absolute atomic E-state index is 0.576. The van der Waals surface area contributed by atoms with E-state index in [1.165, 1.54) is 12.8 Å². The van der Waals surface area contributed by atoms with Gasteiger partial charge in [-0.3, -0.25) is 0 Å². The van der Waals surface area contributed by atoms with Crippen molar-refractivity contribution in [2.75, 3.05) is 5.32 Å². The number of aromatic nitrogens is 4. The molecule has 122 valence electrons. The fraction of sp³-hybridized carbons (Fsp3) is 0.278. The molecule has 0 unspecified atom stereocenters. The number of benzene rings is 1. The summed E-state index contributed by atoms with van der Waals surface area (Å²) in [5.41, 5.74) is 0.913. The Labute approximate surface area is 140 Å². The molecule has 3 heterocycles. The lowest BCUT2D eigenvalue weighted by molar-refractivity contribution is 0.464. The van der Waals surface area contributed by atoms with Gasteiger partial charge in [0.25, 0.3) is 0 Å². The predicted molar refractivity (Wildman–Crippen MR) is 91.0 cm³/mol. The average molecular weight is 321 g/mol. The maximum absolute atomic E-state index is 5.88. The van der Waals surface area contributed by atoms with Crippen LogP contribution < -0.4 is 10.1 Å². The van der Waals surface area contributed by atoms with Crippen LogP contribution in [0.2, 0.25) is 0 Å². The normalized spacial score (nSPS) is 13.3. The largest absolute Gasteiger partial charge is 0.437 e. The van der Waals surface area contributed by atoms with Crippen molar-refractivity contribution >= 4 is 5.69 Å². The van der Waals surface area contributed by atoms with Crippen LogP contribution in [0.25, 0.3) is 0 Å². The molecule has 0 amide bonds. The van der Waals surface area contributed by atoms with E-state index in [1.54, 1.807) is 6.20 Å². The quantitative estimate of drug-likeness (QED) is 0.780. The van der Waals surface area contributed by atoms with Crippen LogP contribution in [0.3, 0.4) is 0 Å². The summed E-state index contributed by atoms with van der Waals surface area (Å²) in [4.78, 5) is 4.21. The summed E-state index contributed by atoms with van der Waals surface area (Å²) in [5, 5.41) is 12.0. The van der Waals surface area contributed by atoms with Crippen molar-refractivity contribution in [3.8, 4) is 11.6 Å². The minimum Gasteiger partial charge on any atom is -0.437 e. The van der Waals surface area contributed by atoms with E-state index >= 15 is 0 Å². The molecule has 2 aromatic heterocycles. The Hall–Kier alpha value is -2.89. The highest BCUT2D eigenvalue weighted by molar-refractivity contribution is 5.57. The fourth-order valence-electron chi connectivity index (χ4n) is 2.90. The van der Waals surface area contributed by atoms with Gasteiger partial charge < -0.3 is 14.6 Å². The van der Waals surface area contributed by atoms with E-state index < -0.39 is 0 Å². The van der Waals surface area contributed by atoms with E-state index in [-0.39, 0.29) is 0 Å². The van der Waals surface area contributed by atoms with Crippen molar-refractivity contribution in [1.82, 2.24) is 19.7 Å². The van der Waals surface area contributed by atoms with Crippen molar-refractivity contribution < 1.29 is 4.74 Å². The molecular formula is C18H19N5O. The van der Waals surface area contributed by atoms with Crippen molar-refractivity contribution in [3.05, 3.63) is 60.3 Å². The van der Waals surface area contributed by atoms with Crippen LogP contribution >= 0.6 is 0 Å². The van der Waals surface area contributed by atoms with E-state index in [2.05, 4.69) is 25.1 Å². The SMILES string of the molecule is c1ccc(Oc2ccccc2NCc2nnc3n2CCCC3)nc1. The zero-order valence-corrected chi connectivity index (χ0v) is 13.4. The van der Waals surface area contributed by atoms with Gasteiger partial charge in [-0.25, -0.2) is 4.98 Å². The Kier molecular flexibility index (Phi) is 4.10. The predicted octanol–water partition coefficient (Wildman–Crippen LogP) is 3.41. The third kappa shape index (κ3) is 3.08. The molecule has 1 aliphatic heterocycles. The van der Waals surface area contributed by atoms with Gasteiger partial charge >= 0.3 is 0 Å². The molecule has 6 heteroatoms. The Bertz CT molecular complexity index is 815. The highest BCUT2D eigenvalue weighted by Gasteiger charge is 2.15. The van der Waals surface area contributed by atoms with E-state index in [9.17, 15) is 0 Å². The lowest BCUT2D eigenvalue weighted by atomic mass is 10.2. The number of para-hydroxylation sites is 2. The number of anilines is 1. The molecule has 1 aromatic carbocycles. The van der Waals surface area contributed by atoms with Gasteiger partial charge in [-0.15, -0.1) is 10.2 Å². The lowest BCUT2D eigenvalue weighted by Crippen LogP contribution is -2.15. The molecule has 0 saturated heterocycles. The smallest absolute Gasteiger partial charge is 0.219 e. The van der Waals surface area contributed by atoms with E-state index in [0.29, 0.717) is 12.4 Å². The first-order chi connectivity index (χ1) is 11.9. The molecule has 0 saturated carbocycles. The van der Waals surface area contributed by atoms with Gasteiger partial charge in [0.15, 0.2) is 11.6 Å². The average Bonchev–Trinajstić information content (AvgIpc) is 3.05. The van der Waals surface area contributed by atoms with Gasteiger partial charge in [0.1, 0.15) is 5.82 Å². The highest BCUT2D eigenvalue weighted by Crippen LogP contribution is 2.28. The first-order valence-electron chi connectivity index (χ1n) is 8.23.